The number of fused-ring (bicyclic) bond motifs is 1. The van der Waals surface area contributed by atoms with Gasteiger partial charge in [-0.15, -0.1) is 0 Å². The molecule has 19 nitrogen and oxygen atoms in total. The van der Waals surface area contributed by atoms with Gasteiger partial charge in [0.15, 0.2) is 35.2 Å². The summed E-state index contributed by atoms with van der Waals surface area (Å²) in [5.41, 5.74) is 16.9. The number of nitrogens with one attached hydrogen (secondary N) is 3. The lowest BCUT2D eigenvalue weighted by Crippen LogP contribution is -2.37. The Morgan fingerprint density at radius 2 is 0.976 bits per heavy atom. The van der Waals surface area contributed by atoms with E-state index >= 15 is 0 Å². The second-order valence-corrected chi connectivity index (χ2v) is 36.3. The van der Waals surface area contributed by atoms with Crippen LogP contribution < -0.4 is 20.1 Å². The number of ether oxygens (including phenoxy) is 4. The summed E-state index contributed by atoms with van der Waals surface area (Å²) >= 11 is 36.2. The van der Waals surface area contributed by atoms with Crippen molar-refractivity contribution in [1.82, 2.24) is 19.5 Å². The first-order valence-corrected chi connectivity index (χ1v) is 45.0. The second kappa shape index (κ2) is 46.9. The van der Waals surface area contributed by atoms with Gasteiger partial charge < -0.3 is 55.1 Å². The molecule has 10 aromatic rings. The fourth-order valence-corrected chi connectivity index (χ4v) is 17.5. The lowest BCUT2D eigenvalue weighted by Gasteiger charge is -2.37. The molecule has 2 aromatic heterocycles. The number of hydrogen-bond donors (Lipinski definition) is 8. The van der Waals surface area contributed by atoms with E-state index in [-0.39, 0.29) is 85.8 Å². The van der Waals surface area contributed by atoms with Crippen LogP contribution in [0.5, 0.6) is 40.2 Å². The molecule has 0 spiro atoms. The first-order valence-electron chi connectivity index (χ1n) is 42.7. The van der Waals surface area contributed by atoms with Gasteiger partial charge in [0.25, 0.3) is 11.8 Å². The summed E-state index contributed by atoms with van der Waals surface area (Å²) < 4.78 is 25.2. The van der Waals surface area contributed by atoms with Crippen molar-refractivity contribution in [2.24, 2.45) is 29.6 Å². The normalized spacial score (nSPS) is 15.4. The summed E-state index contributed by atoms with van der Waals surface area (Å²) in [7, 11) is 0. The van der Waals surface area contributed by atoms with Gasteiger partial charge in [0.1, 0.15) is 40.4 Å². The molecule has 125 heavy (non-hydrogen) atoms. The maximum atomic E-state index is 13.7. The minimum Gasteiger partial charge on any atom is -0.507 e. The number of hydrogen-bond acceptors (Lipinski definition) is 14. The van der Waals surface area contributed by atoms with Crippen molar-refractivity contribution in [3.63, 3.8) is 0 Å². The van der Waals surface area contributed by atoms with Gasteiger partial charge in [-0.25, -0.2) is 14.6 Å². The first kappa shape index (κ1) is 103. The third-order valence-electron chi connectivity index (χ3n) is 21.9. The van der Waals surface area contributed by atoms with Crippen LogP contribution in [0.25, 0.3) is 21.9 Å². The fourth-order valence-electron chi connectivity index (χ4n) is 15.5. The van der Waals surface area contributed by atoms with Crippen molar-refractivity contribution < 1.29 is 58.9 Å². The molecule has 674 valence electrons. The molecule has 3 heterocycles. The zero-order valence-corrected chi connectivity index (χ0v) is 81.0. The lowest BCUT2D eigenvalue weighted by atomic mass is 9.75. The van der Waals surface area contributed by atoms with E-state index in [0.717, 1.165) is 116 Å². The van der Waals surface area contributed by atoms with Crippen molar-refractivity contribution >= 4 is 110 Å². The third-order valence-corrected chi connectivity index (χ3v) is 24.2. The zero-order chi connectivity index (χ0) is 93.0. The number of phenolic OH excluding ortho intramolecular Hbond substituents is 5. The molecular formula is C100H125Cl6N7O12. The highest BCUT2D eigenvalue weighted by Crippen LogP contribution is 2.46. The van der Waals surface area contributed by atoms with E-state index in [1.807, 2.05) is 179 Å². The molecule has 25 heteroatoms. The molecule has 1 aliphatic heterocycles. The zero-order valence-electron chi connectivity index (χ0n) is 76.4. The van der Waals surface area contributed by atoms with Crippen LogP contribution >= 0.6 is 69.6 Å². The van der Waals surface area contributed by atoms with Gasteiger partial charge in [-0.3, -0.25) is 24.1 Å². The number of aromatic amines is 1. The van der Waals surface area contributed by atoms with Crippen LogP contribution in [0.1, 0.15) is 214 Å². The van der Waals surface area contributed by atoms with Gasteiger partial charge in [0.05, 0.1) is 51.9 Å². The van der Waals surface area contributed by atoms with Crippen molar-refractivity contribution in [3.05, 3.63) is 239 Å². The Morgan fingerprint density at radius 1 is 0.552 bits per heavy atom. The Balaban J connectivity index is 0.000000219. The number of rotatable bonds is 20. The van der Waals surface area contributed by atoms with E-state index in [1.165, 1.54) is 12.1 Å². The van der Waals surface area contributed by atoms with Crippen molar-refractivity contribution in [2.45, 2.75) is 229 Å². The standard InChI is InChI=1S/C28H35N5O3.C20H23Cl2NO3.C20H26O2.C19H21Cl2NO3.C9H10Cl2O.C4H10/c1-17-6-8-21(9-7-17)26-30-27-23(28(34)36-25-19(3)14-18(2)15-20(25)4)24(29-5)22(33(27)31-26)16-32-10-12-35-13-11-32;1-5-13-14(21)10-15(19(24)18(13)22)23-20(25)16(6-2)26-17-8-7-11(3)9-12(17)4;1-11(2)18(16-9-12(3)7-14(5)19(16)21)17-10-13(4)8-15(6)20(17)22;1-5-15(25-16-7-6-10(2)8-11(16)3)19(24)22-14-9-13(20)12(4)17(21)18(14)23;1-3-6-7(10)4-5(2)9(12)8(6)11;1-4(2)3/h6-9,18-20,25H,10-16H2,1-4H3,(H,30,31);7-10,16,24H,5-6H2,1-4H3,(H,23,25);7-11,18,21-22H,1-6H3;6-9,15,23H,5H2,1-4H3,(H,22,24);4,12H,3H2,1-2H3;4H,1-3H3. The molecule has 1 aliphatic carbocycles. The summed E-state index contributed by atoms with van der Waals surface area (Å²) in [5.74, 6) is 3.40. The van der Waals surface area contributed by atoms with Crippen molar-refractivity contribution in [3.8, 4) is 51.6 Å². The molecule has 0 bridgehead atoms. The number of nitrogens with zero attached hydrogens (tertiary/aromatic N) is 4. The van der Waals surface area contributed by atoms with Crippen LogP contribution in [-0.4, -0.2) is 107 Å². The van der Waals surface area contributed by atoms with E-state index in [9.17, 15) is 39.9 Å². The fraction of sp³-hybridized carbons (Fsp3) is 0.430. The number of morpholine rings is 1. The lowest BCUT2D eigenvalue weighted by molar-refractivity contribution is -0.123. The minimum atomic E-state index is -0.709. The molecule has 0 radical (unpaired) electrons. The molecule has 1 saturated carbocycles. The van der Waals surface area contributed by atoms with Crippen molar-refractivity contribution in [1.29, 1.82) is 0 Å². The Hall–Kier alpha value is -9.33. The third kappa shape index (κ3) is 26.9. The molecule has 8 aromatic carbocycles. The molecule has 2 amide bonds. The summed E-state index contributed by atoms with van der Waals surface area (Å²) in [4.78, 5) is 49.8. The highest BCUT2D eigenvalue weighted by Gasteiger charge is 2.38. The Bertz CT molecular complexity index is 5390. The summed E-state index contributed by atoms with van der Waals surface area (Å²) in [6, 6.07) is 32.4. The maximum absolute atomic E-state index is 13.7. The number of aromatic nitrogens is 3. The van der Waals surface area contributed by atoms with E-state index in [2.05, 4.69) is 80.9 Å². The number of esters is 1. The Labute approximate surface area is 769 Å². The summed E-state index contributed by atoms with van der Waals surface area (Å²) in [5, 5.41) is 61.6. The molecule has 4 atom stereocenters. The number of aryl methyl sites for hydroxylation is 10. The number of amides is 2. The van der Waals surface area contributed by atoms with Gasteiger partial charge in [-0.2, -0.15) is 0 Å². The predicted octanol–water partition coefficient (Wildman–Crippen LogP) is 26.7. The minimum absolute atomic E-state index is 0.0304. The first-order chi connectivity index (χ1) is 58.9. The molecule has 2 fully saturated rings. The predicted molar refractivity (Wildman–Crippen MR) is 511 cm³/mol. The van der Waals surface area contributed by atoms with Gasteiger partial charge in [0.2, 0.25) is 5.69 Å². The number of H-pyrrole nitrogens is 1. The number of carbonyl (C=O) groups excluding carboxylic acids is 3. The highest BCUT2D eigenvalue weighted by atomic mass is 35.5. The largest absolute Gasteiger partial charge is 0.507 e. The molecule has 1 saturated heterocycles. The van der Waals surface area contributed by atoms with Gasteiger partial charge in [-0.05, 0) is 219 Å². The SMILES string of the molecule is CC(C)C.CCC(Oc1ccc(C)cc1C)C(=O)Nc1cc(Cl)c(C)c(Cl)c1O.CCc1c(Cl)cc(C)c(O)c1Cl.CCc1c(Cl)cc(NC(=O)C(CC)Oc2ccc(C)cc2C)c(O)c1Cl.Cc1cc(C)c(O)c(C(c2cc(C)cc(C)c2O)C(C)C)c1.[C-]#[N+]c1c(C(=O)OC2C(C)CC(C)CC2C)c2nc(-c3ccc(C)cc3)[nH]n2c1CN1CCOCC1. The van der Waals surface area contributed by atoms with E-state index < -0.39 is 18.2 Å². The van der Waals surface area contributed by atoms with Gasteiger partial charge in [-0.1, -0.05) is 253 Å². The topological polar surface area (TPSA) is 254 Å². The number of benzene rings is 8. The average Bonchev–Trinajstić information content (AvgIpc) is 1.57. The molecule has 8 N–H and O–H groups in total. The summed E-state index contributed by atoms with van der Waals surface area (Å²) in [6.45, 7) is 57.5. The van der Waals surface area contributed by atoms with Gasteiger partial charge >= 0.3 is 5.97 Å². The molecule has 12 rings (SSSR count). The van der Waals surface area contributed by atoms with Crippen LogP contribution in [-0.2, 0) is 38.4 Å². The average molecular weight is 1830 g/mol. The smallest absolute Gasteiger partial charge is 0.331 e. The van der Waals surface area contributed by atoms with E-state index in [1.54, 1.807) is 19.9 Å². The van der Waals surface area contributed by atoms with Crippen LogP contribution in [0.4, 0.5) is 17.1 Å². The number of halogens is 6. The van der Waals surface area contributed by atoms with E-state index in [4.69, 9.17) is 100 Å². The van der Waals surface area contributed by atoms with E-state index in [0.29, 0.717) is 122 Å². The monoisotopic (exact) mass is 1830 g/mol. The van der Waals surface area contributed by atoms with Gasteiger partial charge in [0, 0.05) is 57.3 Å². The Kier molecular flexibility index (Phi) is 38.6. The molecular weight excluding hydrogens is 1700 g/mol. The van der Waals surface area contributed by atoms with Crippen molar-refractivity contribution in [2.75, 3.05) is 36.9 Å². The molecule has 4 unspecified atom stereocenters. The number of anilines is 2. The summed E-state index contributed by atoms with van der Waals surface area (Å²) in [6.07, 6.45) is 2.72. The number of aromatic hydroxyl groups is 5. The van der Waals surface area contributed by atoms with Crippen LogP contribution in [0.2, 0.25) is 30.1 Å². The van der Waals surface area contributed by atoms with Crippen LogP contribution in [0.3, 0.4) is 0 Å². The van der Waals surface area contributed by atoms with Crippen LogP contribution in [0, 0.1) is 112 Å². The number of carbonyl (C=O) groups is 3. The van der Waals surface area contributed by atoms with Crippen LogP contribution in [0.15, 0.2) is 103 Å². The maximum Gasteiger partial charge on any atom is 0.331 e. The molecule has 2 aliphatic rings. The second-order valence-electron chi connectivity index (χ2n) is 34.0. The quantitative estimate of drug-likeness (QED) is 0.0201. The number of phenols is 5. The Morgan fingerprint density at radius 3 is 1.42 bits per heavy atom. The highest BCUT2D eigenvalue weighted by molar-refractivity contribution is 6.39.